The van der Waals surface area contributed by atoms with Crippen LogP contribution in [0.15, 0.2) is 317 Å². The Balaban J connectivity index is 0.000000125. The van der Waals surface area contributed by atoms with Gasteiger partial charge in [-0.05, 0) is 138 Å². The number of rotatable bonds is 7. The van der Waals surface area contributed by atoms with Crippen molar-refractivity contribution in [1.29, 1.82) is 0 Å². The van der Waals surface area contributed by atoms with E-state index >= 15 is 0 Å². The van der Waals surface area contributed by atoms with E-state index < -0.39 is 0 Å². The van der Waals surface area contributed by atoms with E-state index in [0.29, 0.717) is 0 Å². The predicted molar refractivity (Wildman–Crippen MR) is 387 cm³/mol. The Bertz CT molecular complexity index is 5450. The van der Waals surface area contributed by atoms with E-state index in [-0.39, 0.29) is 10.8 Å². The minimum absolute atomic E-state index is 0.0261. The van der Waals surface area contributed by atoms with Crippen molar-refractivity contribution in [2.24, 2.45) is 0 Å². The van der Waals surface area contributed by atoms with Crippen molar-refractivity contribution < 1.29 is 8.83 Å². The molecule has 18 rings (SSSR count). The highest BCUT2D eigenvalue weighted by molar-refractivity contribution is 9.10. The van der Waals surface area contributed by atoms with E-state index in [0.717, 1.165) is 71.4 Å². The van der Waals surface area contributed by atoms with E-state index in [2.05, 4.69) is 339 Å². The van der Waals surface area contributed by atoms with Crippen molar-refractivity contribution in [2.45, 2.75) is 38.5 Å². The maximum atomic E-state index is 6.80. The van der Waals surface area contributed by atoms with Crippen molar-refractivity contribution in [1.82, 2.24) is 0 Å². The van der Waals surface area contributed by atoms with E-state index in [4.69, 9.17) is 8.83 Å². The normalized spacial score (nSPS) is 13.1. The SMILES string of the molecule is Brc1ccc(-c2ccccc2)cc1.CC1(C)c2ccccc2-c2c(N(c3ccc(-c4ccccc4)cc3)c3cc4ccccc4c4c3oc3ccccc34)cccc21.CC1(C)c2ccccc2-c2c(Nc3cc4ccccc4c4c3oc3ccccc34)cccc21. The standard InChI is InChI=1S/C43H31NO.C31H23NO.C12H9Br/c1-43(2)35-19-10-8-17-33(35)41-36(43)20-12-21-37(41)44(31-25-23-29(24-26-31)28-13-4-3-5-14-28)38-27-30-15-6-7-16-32(30)40-34-18-9-11-22-39(34)45-42(38)40;1-31(2)23-14-7-5-12-21(23)29-24(31)15-9-16-25(29)32-26-18-19-10-3-4-11-20(19)28-22-13-6-8-17-27(22)33-30(26)28;13-12-8-6-11(7-9-12)10-4-2-1-3-5-10/h3-27H,1-2H3;3-18,32H,1-2H3;1-9H. The number of hydrogen-bond donors (Lipinski definition) is 1. The predicted octanol–water partition coefficient (Wildman–Crippen LogP) is 25.1. The van der Waals surface area contributed by atoms with Crippen molar-refractivity contribution in [3.05, 3.63) is 330 Å². The Hall–Kier alpha value is -10.7. The summed E-state index contributed by atoms with van der Waals surface area (Å²) < 4.78 is 14.3. The van der Waals surface area contributed by atoms with Crippen molar-refractivity contribution in [3.63, 3.8) is 0 Å². The topological polar surface area (TPSA) is 41.6 Å². The molecule has 2 aromatic heterocycles. The van der Waals surface area contributed by atoms with Crippen LogP contribution in [0.2, 0.25) is 0 Å². The molecule has 0 spiro atoms. The first-order chi connectivity index (χ1) is 44.6. The molecule has 0 amide bonds. The van der Waals surface area contributed by atoms with Gasteiger partial charge in [0.05, 0.1) is 17.1 Å². The molecule has 0 radical (unpaired) electrons. The van der Waals surface area contributed by atoms with Gasteiger partial charge in [-0.25, -0.2) is 0 Å². The monoisotopic (exact) mass is 1230 g/mol. The van der Waals surface area contributed by atoms with E-state index in [1.54, 1.807) is 0 Å². The Morgan fingerprint density at radius 1 is 0.330 bits per heavy atom. The lowest BCUT2D eigenvalue weighted by molar-refractivity contribution is 0.660. The molecule has 1 N–H and O–H groups in total. The third-order valence-electron chi connectivity index (χ3n) is 18.8. The molecule has 0 fully saturated rings. The quantitative estimate of drug-likeness (QED) is 0.173. The summed E-state index contributed by atoms with van der Waals surface area (Å²) in [5.74, 6) is 0. The van der Waals surface area contributed by atoms with Gasteiger partial charge < -0.3 is 19.1 Å². The van der Waals surface area contributed by atoms with Gasteiger partial charge in [-0.2, -0.15) is 0 Å². The summed E-state index contributed by atoms with van der Waals surface area (Å²) in [5.41, 5.74) is 24.4. The van der Waals surface area contributed by atoms with E-state index in [9.17, 15) is 0 Å². The second-order valence-corrected chi connectivity index (χ2v) is 25.8. The minimum atomic E-state index is -0.108. The Morgan fingerprint density at radius 2 is 0.758 bits per heavy atom. The minimum Gasteiger partial charge on any atom is -0.454 e. The first-order valence-electron chi connectivity index (χ1n) is 31.2. The van der Waals surface area contributed by atoms with Gasteiger partial charge in [-0.15, -0.1) is 0 Å². The number of para-hydroxylation sites is 2. The fourth-order valence-electron chi connectivity index (χ4n) is 14.4. The van der Waals surface area contributed by atoms with Crippen molar-refractivity contribution in [2.75, 3.05) is 10.2 Å². The van der Waals surface area contributed by atoms with Gasteiger partial charge in [-0.3, -0.25) is 0 Å². The van der Waals surface area contributed by atoms with Crippen LogP contribution in [0.4, 0.5) is 28.4 Å². The van der Waals surface area contributed by atoms with Crippen LogP contribution >= 0.6 is 15.9 Å². The molecular weight excluding hydrogens is 1170 g/mol. The van der Waals surface area contributed by atoms with Crippen LogP contribution in [-0.4, -0.2) is 0 Å². The molecule has 2 aliphatic rings. The number of benzene rings is 14. The highest BCUT2D eigenvalue weighted by atomic mass is 79.9. The lowest BCUT2D eigenvalue weighted by Crippen LogP contribution is -2.16. The molecule has 4 nitrogen and oxygen atoms in total. The molecule has 91 heavy (non-hydrogen) atoms. The molecule has 0 unspecified atom stereocenters. The lowest BCUT2D eigenvalue weighted by atomic mass is 9.82. The zero-order chi connectivity index (χ0) is 61.4. The summed E-state index contributed by atoms with van der Waals surface area (Å²) in [4.78, 5) is 2.42. The Labute approximate surface area is 538 Å². The fraction of sp³-hybridized carbons (Fsp3) is 0.0698. The van der Waals surface area contributed by atoms with Crippen molar-refractivity contribution in [3.8, 4) is 44.5 Å². The summed E-state index contributed by atoms with van der Waals surface area (Å²) >= 11 is 3.42. The highest BCUT2D eigenvalue weighted by Gasteiger charge is 2.39. The number of hydrogen-bond acceptors (Lipinski definition) is 4. The van der Waals surface area contributed by atoms with Crippen LogP contribution in [0.25, 0.3) is 110 Å². The van der Waals surface area contributed by atoms with Gasteiger partial charge in [0.1, 0.15) is 11.2 Å². The Kier molecular flexibility index (Phi) is 13.7. The molecule has 14 aromatic carbocycles. The van der Waals surface area contributed by atoms with Gasteiger partial charge in [0.2, 0.25) is 0 Å². The summed E-state index contributed by atoms with van der Waals surface area (Å²) in [6.45, 7) is 9.31. The van der Waals surface area contributed by atoms with Gasteiger partial charge in [-0.1, -0.05) is 286 Å². The molecule has 0 atom stereocenters. The molecule has 2 aliphatic carbocycles. The molecular formula is C86H63BrN2O2. The largest absolute Gasteiger partial charge is 0.454 e. The highest BCUT2D eigenvalue weighted by Crippen LogP contribution is 2.56. The summed E-state index contributed by atoms with van der Waals surface area (Å²) in [6, 6.07) is 108. The van der Waals surface area contributed by atoms with Crippen LogP contribution < -0.4 is 10.2 Å². The lowest BCUT2D eigenvalue weighted by Gasteiger charge is -2.29. The summed E-state index contributed by atoms with van der Waals surface area (Å²) in [5, 5.41) is 13.2. The number of anilines is 5. The van der Waals surface area contributed by atoms with Gasteiger partial charge in [0.15, 0.2) is 11.2 Å². The zero-order valence-electron chi connectivity index (χ0n) is 51.0. The molecule has 0 aliphatic heterocycles. The number of nitrogens with one attached hydrogen (secondary N) is 1. The maximum absolute atomic E-state index is 6.80. The van der Waals surface area contributed by atoms with Crippen LogP contribution in [0.3, 0.4) is 0 Å². The Morgan fingerprint density at radius 3 is 1.35 bits per heavy atom. The summed E-state index contributed by atoms with van der Waals surface area (Å²) in [6.07, 6.45) is 0. The third-order valence-corrected chi connectivity index (χ3v) is 19.4. The number of nitrogens with zero attached hydrogens (tertiary/aromatic N) is 1. The van der Waals surface area contributed by atoms with Crippen LogP contribution in [0.5, 0.6) is 0 Å². The van der Waals surface area contributed by atoms with Crippen molar-refractivity contribution >= 4 is 110 Å². The fourth-order valence-corrected chi connectivity index (χ4v) is 14.7. The second-order valence-electron chi connectivity index (χ2n) is 24.9. The number of fused-ring (bicyclic) bond motifs is 16. The average Bonchev–Trinajstić information content (AvgIpc) is 1.63. The van der Waals surface area contributed by atoms with E-state index in [1.165, 1.54) is 93.7 Å². The van der Waals surface area contributed by atoms with Gasteiger partial charge in [0, 0.05) is 59.3 Å². The molecule has 5 heteroatoms. The van der Waals surface area contributed by atoms with Crippen LogP contribution in [0.1, 0.15) is 49.9 Å². The molecule has 0 saturated carbocycles. The molecule has 2 heterocycles. The van der Waals surface area contributed by atoms with Crippen LogP contribution in [-0.2, 0) is 10.8 Å². The van der Waals surface area contributed by atoms with Gasteiger partial charge in [0.25, 0.3) is 0 Å². The smallest absolute Gasteiger partial charge is 0.160 e. The molecule has 436 valence electrons. The summed E-state index contributed by atoms with van der Waals surface area (Å²) in [7, 11) is 0. The van der Waals surface area contributed by atoms with E-state index in [1.807, 2.05) is 18.2 Å². The molecule has 16 aromatic rings. The number of halogens is 1. The molecule has 0 bridgehead atoms. The second kappa shape index (κ2) is 22.4. The molecule has 0 saturated heterocycles. The first-order valence-corrected chi connectivity index (χ1v) is 32.0. The zero-order valence-corrected chi connectivity index (χ0v) is 52.6. The van der Waals surface area contributed by atoms with Gasteiger partial charge >= 0.3 is 0 Å². The maximum Gasteiger partial charge on any atom is 0.160 e. The number of furan rings is 2. The first kappa shape index (κ1) is 55.6. The van der Waals surface area contributed by atoms with Crippen LogP contribution in [0, 0.1) is 0 Å². The average molecular weight is 1240 g/mol. The third kappa shape index (κ3) is 9.50.